The lowest BCUT2D eigenvalue weighted by Crippen LogP contribution is -2.37. The van der Waals surface area contributed by atoms with Crippen LogP contribution >= 0.6 is 11.3 Å². The van der Waals surface area contributed by atoms with Gasteiger partial charge in [-0.2, -0.15) is 13.2 Å². The van der Waals surface area contributed by atoms with Crippen molar-refractivity contribution >= 4 is 33.3 Å². The third-order valence-corrected chi connectivity index (χ3v) is 4.84. The normalized spacial score (nSPS) is 11.5. The molecule has 3 aromatic rings. The number of carboxylic acid groups (broad SMARTS) is 1. The highest BCUT2D eigenvalue weighted by molar-refractivity contribution is 7.22. The van der Waals surface area contributed by atoms with Crippen LogP contribution in [0.25, 0.3) is 20.5 Å². The molecule has 0 spiro atoms. The van der Waals surface area contributed by atoms with Crippen molar-refractivity contribution < 1.29 is 33.0 Å². The number of thiophene rings is 1. The maximum atomic E-state index is 12.7. The number of hydrogen-bond donors (Lipinski definition) is 2. The molecule has 0 saturated heterocycles. The molecule has 27 heavy (non-hydrogen) atoms. The molecule has 0 fully saturated rings. The summed E-state index contributed by atoms with van der Waals surface area (Å²) >= 11 is 1.07. The van der Waals surface area contributed by atoms with Crippen molar-refractivity contribution in [2.45, 2.75) is 6.18 Å². The number of amides is 1. The molecule has 0 saturated carbocycles. The minimum atomic E-state index is -4.44. The lowest BCUT2D eigenvalue weighted by atomic mass is 10.1. The topological polar surface area (TPSA) is 102 Å². The molecule has 140 valence electrons. The smallest absolute Gasteiger partial charge is 0.416 e. The molecule has 2 heterocycles. The number of alkyl halides is 3. The fourth-order valence-corrected chi connectivity index (χ4v) is 3.44. The Balaban J connectivity index is 1.95. The van der Waals surface area contributed by atoms with Crippen LogP contribution in [0.15, 0.2) is 36.5 Å². The number of carboxylic acids is 1. The molecule has 0 unspecified atom stereocenters. The Hall–Kier alpha value is -3.14. The third kappa shape index (κ3) is 3.85. The minimum Gasteiger partial charge on any atom is -0.548 e. The molecule has 10 heteroatoms. The fraction of sp³-hybridized carbons (Fsp3) is 0.118. The van der Waals surface area contributed by atoms with E-state index in [4.69, 9.17) is 0 Å². The zero-order valence-electron chi connectivity index (χ0n) is 13.3. The fourth-order valence-electron chi connectivity index (χ4n) is 2.36. The lowest BCUT2D eigenvalue weighted by Gasteiger charge is -2.07. The van der Waals surface area contributed by atoms with Gasteiger partial charge in [-0.05, 0) is 23.8 Å². The van der Waals surface area contributed by atoms with Crippen LogP contribution in [0.4, 0.5) is 13.2 Å². The first kappa shape index (κ1) is 18.6. The van der Waals surface area contributed by atoms with Crippen molar-refractivity contribution in [1.82, 2.24) is 10.3 Å². The number of rotatable bonds is 4. The second-order valence-corrected chi connectivity index (χ2v) is 6.53. The predicted octanol–water partition coefficient (Wildman–Crippen LogP) is 2.17. The van der Waals surface area contributed by atoms with Crippen molar-refractivity contribution in [3.63, 3.8) is 0 Å². The number of aromatic nitrogens is 1. The number of aliphatic carboxylic acids is 1. The summed E-state index contributed by atoms with van der Waals surface area (Å²) in [5, 5.41) is 23.2. The molecule has 0 aliphatic rings. The van der Waals surface area contributed by atoms with E-state index in [-0.39, 0.29) is 5.69 Å². The highest BCUT2D eigenvalue weighted by Gasteiger charge is 2.30. The molecule has 0 radical (unpaired) electrons. The number of hydrogen-bond acceptors (Lipinski definition) is 6. The van der Waals surface area contributed by atoms with E-state index >= 15 is 0 Å². The van der Waals surface area contributed by atoms with Gasteiger partial charge in [-0.15, -0.1) is 11.3 Å². The SMILES string of the molecule is O=C([O-])CNC(=O)c1ncc2cc(-c3ccc(C(F)(F)F)cc3)sc2c1O. The summed E-state index contributed by atoms with van der Waals surface area (Å²) < 4.78 is 38.3. The average molecular weight is 395 g/mol. The van der Waals surface area contributed by atoms with Gasteiger partial charge in [-0.1, -0.05) is 12.1 Å². The van der Waals surface area contributed by atoms with Crippen molar-refractivity contribution in [2.75, 3.05) is 6.54 Å². The van der Waals surface area contributed by atoms with Gasteiger partial charge in [0.2, 0.25) is 0 Å². The van der Waals surface area contributed by atoms with Crippen molar-refractivity contribution in [3.8, 4) is 16.2 Å². The van der Waals surface area contributed by atoms with Gasteiger partial charge >= 0.3 is 6.18 Å². The average Bonchev–Trinajstić information content (AvgIpc) is 3.04. The van der Waals surface area contributed by atoms with Gasteiger partial charge < -0.3 is 20.3 Å². The first-order valence-electron chi connectivity index (χ1n) is 7.44. The molecule has 6 nitrogen and oxygen atoms in total. The Morgan fingerprint density at radius 3 is 2.48 bits per heavy atom. The van der Waals surface area contributed by atoms with Gasteiger partial charge in [0.25, 0.3) is 5.91 Å². The predicted molar refractivity (Wildman–Crippen MR) is 89.1 cm³/mol. The summed E-state index contributed by atoms with van der Waals surface area (Å²) in [4.78, 5) is 26.7. The number of fused-ring (bicyclic) bond motifs is 1. The van der Waals surface area contributed by atoms with Crippen molar-refractivity contribution in [2.24, 2.45) is 0 Å². The first-order valence-corrected chi connectivity index (χ1v) is 8.25. The highest BCUT2D eigenvalue weighted by atomic mass is 32.1. The van der Waals surface area contributed by atoms with Crippen LogP contribution in [0.3, 0.4) is 0 Å². The van der Waals surface area contributed by atoms with Crippen LogP contribution in [-0.4, -0.2) is 28.5 Å². The van der Waals surface area contributed by atoms with Gasteiger partial charge in [0, 0.05) is 16.5 Å². The van der Waals surface area contributed by atoms with Crippen LogP contribution in [0.5, 0.6) is 5.75 Å². The third-order valence-electron chi connectivity index (χ3n) is 3.64. The standard InChI is InChI=1S/C17H11F3N2O4S/c18-17(19,20)10-3-1-8(2-4-10)11-5-9-6-21-13(14(25)15(9)27-11)16(26)22-7-12(23)24/h1-6,25H,7H2,(H,22,26)(H,23,24)/p-1. The summed E-state index contributed by atoms with van der Waals surface area (Å²) in [7, 11) is 0. The van der Waals surface area contributed by atoms with Gasteiger partial charge in [0.1, 0.15) is 0 Å². The zero-order chi connectivity index (χ0) is 19.8. The Labute approximate surface area is 153 Å². The van der Waals surface area contributed by atoms with E-state index in [0.717, 1.165) is 23.5 Å². The molecule has 2 N–H and O–H groups in total. The van der Waals surface area contributed by atoms with Crippen LogP contribution in [-0.2, 0) is 11.0 Å². The lowest BCUT2D eigenvalue weighted by molar-refractivity contribution is -0.303. The first-order chi connectivity index (χ1) is 12.7. The minimum absolute atomic E-state index is 0.304. The zero-order valence-corrected chi connectivity index (χ0v) is 14.1. The van der Waals surface area contributed by atoms with Gasteiger partial charge in [-0.3, -0.25) is 4.79 Å². The molecule has 1 aromatic carbocycles. The molecular weight excluding hydrogens is 385 g/mol. The molecule has 0 aliphatic carbocycles. The highest BCUT2D eigenvalue weighted by Crippen LogP contribution is 2.39. The van der Waals surface area contributed by atoms with Crippen molar-refractivity contribution in [3.05, 3.63) is 47.8 Å². The summed E-state index contributed by atoms with van der Waals surface area (Å²) in [5.74, 6) is -2.82. The summed E-state index contributed by atoms with van der Waals surface area (Å²) in [6.07, 6.45) is -3.12. The second-order valence-electron chi connectivity index (χ2n) is 5.48. The number of pyridine rings is 1. The number of carbonyl (C=O) groups is 2. The number of aromatic hydroxyl groups is 1. The second kappa shape index (κ2) is 6.88. The molecule has 0 aliphatic heterocycles. The monoisotopic (exact) mass is 395 g/mol. The number of carbonyl (C=O) groups excluding carboxylic acids is 2. The van der Waals surface area contributed by atoms with E-state index in [1.165, 1.54) is 18.3 Å². The van der Waals surface area contributed by atoms with E-state index in [1.54, 1.807) is 6.07 Å². The molecule has 1 amide bonds. The quantitative estimate of drug-likeness (QED) is 0.705. The maximum absolute atomic E-state index is 12.7. The van der Waals surface area contributed by atoms with Crippen molar-refractivity contribution in [1.29, 1.82) is 0 Å². The van der Waals surface area contributed by atoms with Crippen LogP contribution < -0.4 is 10.4 Å². The summed E-state index contributed by atoms with van der Waals surface area (Å²) in [6.45, 7) is -0.737. The van der Waals surface area contributed by atoms with E-state index in [1.807, 2.05) is 5.32 Å². The Morgan fingerprint density at radius 2 is 1.89 bits per heavy atom. The number of nitrogens with zero attached hydrogens (tertiary/aromatic N) is 1. The van der Waals surface area contributed by atoms with E-state index in [9.17, 15) is 33.0 Å². The van der Waals surface area contributed by atoms with Gasteiger partial charge in [0.05, 0.1) is 22.8 Å². The van der Waals surface area contributed by atoms with Crippen LogP contribution in [0, 0.1) is 0 Å². The number of halogens is 3. The largest absolute Gasteiger partial charge is 0.548 e. The Morgan fingerprint density at radius 1 is 1.22 bits per heavy atom. The van der Waals surface area contributed by atoms with Crippen LogP contribution in [0.1, 0.15) is 16.1 Å². The van der Waals surface area contributed by atoms with E-state index in [2.05, 4.69) is 4.98 Å². The molecule has 0 bridgehead atoms. The molecule has 0 atom stereocenters. The van der Waals surface area contributed by atoms with Gasteiger partial charge in [0.15, 0.2) is 11.4 Å². The Kier molecular flexibility index (Phi) is 4.75. The molecule has 2 aromatic heterocycles. The number of benzene rings is 1. The van der Waals surface area contributed by atoms with E-state index in [0.29, 0.717) is 20.5 Å². The molecule has 3 rings (SSSR count). The Bertz CT molecular complexity index is 1030. The summed E-state index contributed by atoms with van der Waals surface area (Å²) in [6, 6.07) is 6.16. The number of nitrogens with one attached hydrogen (secondary N) is 1. The maximum Gasteiger partial charge on any atom is 0.416 e. The summed E-state index contributed by atoms with van der Waals surface area (Å²) in [5.41, 5.74) is -0.625. The van der Waals surface area contributed by atoms with Gasteiger partial charge in [-0.25, -0.2) is 4.98 Å². The van der Waals surface area contributed by atoms with Crippen LogP contribution in [0.2, 0.25) is 0 Å². The van der Waals surface area contributed by atoms with E-state index < -0.39 is 35.9 Å². The molecular formula is C17H10F3N2O4S-.